The summed E-state index contributed by atoms with van der Waals surface area (Å²) in [5.74, 6) is 0.548. The number of hydrogen-bond donors (Lipinski definition) is 2. The van der Waals surface area contributed by atoms with E-state index in [1.807, 2.05) is 11.8 Å². The Kier molecular flexibility index (Phi) is 12.2. The number of nitrogens with one attached hydrogen (secondary N) is 1. The molecule has 0 amide bonds. The topological polar surface area (TPSA) is 32.3 Å². The highest BCUT2D eigenvalue weighted by Gasteiger charge is 2.23. The van der Waals surface area contributed by atoms with Crippen molar-refractivity contribution in [2.45, 2.75) is 81.9 Å². The number of benzene rings is 2. The maximum Gasteiger partial charge on any atom is 0.0443 e. The SMILES string of the molecule is CCCCCCC(Cc1ccccc1)C(NCCCO)c1ccc(SC(C)C)cc1. The molecule has 0 aromatic heterocycles. The first-order valence-corrected chi connectivity index (χ1v) is 12.7. The van der Waals surface area contributed by atoms with E-state index in [0.29, 0.717) is 17.2 Å². The van der Waals surface area contributed by atoms with Crippen molar-refractivity contribution in [3.63, 3.8) is 0 Å². The predicted molar refractivity (Wildman–Crippen MR) is 132 cm³/mol. The maximum atomic E-state index is 9.30. The molecule has 2 nitrogen and oxygen atoms in total. The fraction of sp³-hybridized carbons (Fsp3) is 0.556. The van der Waals surface area contributed by atoms with Crippen LogP contribution < -0.4 is 5.32 Å². The summed E-state index contributed by atoms with van der Waals surface area (Å²) >= 11 is 1.92. The largest absolute Gasteiger partial charge is 0.396 e. The Labute approximate surface area is 188 Å². The Morgan fingerprint density at radius 3 is 2.27 bits per heavy atom. The van der Waals surface area contributed by atoms with Gasteiger partial charge >= 0.3 is 0 Å². The van der Waals surface area contributed by atoms with E-state index in [2.05, 4.69) is 80.7 Å². The minimum atomic E-state index is 0.240. The van der Waals surface area contributed by atoms with Crippen LogP contribution in [0.15, 0.2) is 59.5 Å². The zero-order valence-corrected chi connectivity index (χ0v) is 20.0. The first-order chi connectivity index (χ1) is 14.6. The highest BCUT2D eigenvalue weighted by molar-refractivity contribution is 7.99. The molecule has 0 bridgehead atoms. The third kappa shape index (κ3) is 9.24. The van der Waals surface area contributed by atoms with E-state index < -0.39 is 0 Å². The molecule has 0 aliphatic carbocycles. The van der Waals surface area contributed by atoms with Crippen LogP contribution in [0.5, 0.6) is 0 Å². The second-order valence-corrected chi connectivity index (χ2v) is 10.2. The van der Waals surface area contributed by atoms with Crippen molar-refractivity contribution in [3.8, 4) is 0 Å². The molecule has 0 saturated carbocycles. The Hall–Kier alpha value is -1.29. The molecule has 0 aliphatic rings. The maximum absolute atomic E-state index is 9.30. The summed E-state index contributed by atoms with van der Waals surface area (Å²) in [6.45, 7) is 7.85. The van der Waals surface area contributed by atoms with Crippen LogP contribution >= 0.6 is 11.8 Å². The van der Waals surface area contributed by atoms with Gasteiger partial charge < -0.3 is 10.4 Å². The smallest absolute Gasteiger partial charge is 0.0443 e. The van der Waals surface area contributed by atoms with Crippen molar-refractivity contribution in [1.82, 2.24) is 5.32 Å². The monoisotopic (exact) mass is 427 g/mol. The lowest BCUT2D eigenvalue weighted by Gasteiger charge is -2.29. The minimum Gasteiger partial charge on any atom is -0.396 e. The van der Waals surface area contributed by atoms with Gasteiger partial charge in [0.05, 0.1) is 0 Å². The van der Waals surface area contributed by atoms with Crippen molar-refractivity contribution >= 4 is 11.8 Å². The van der Waals surface area contributed by atoms with E-state index >= 15 is 0 Å². The highest BCUT2D eigenvalue weighted by Crippen LogP contribution is 2.32. The van der Waals surface area contributed by atoms with Gasteiger partial charge in [-0.1, -0.05) is 88.9 Å². The van der Waals surface area contributed by atoms with Gasteiger partial charge in [0.2, 0.25) is 0 Å². The van der Waals surface area contributed by atoms with Crippen molar-refractivity contribution < 1.29 is 5.11 Å². The summed E-state index contributed by atoms with van der Waals surface area (Å²) in [6, 6.07) is 20.4. The van der Waals surface area contributed by atoms with E-state index in [9.17, 15) is 5.11 Å². The van der Waals surface area contributed by atoms with E-state index in [1.54, 1.807) is 0 Å². The molecule has 0 radical (unpaired) electrons. The lowest BCUT2D eigenvalue weighted by molar-refractivity contribution is 0.270. The van der Waals surface area contributed by atoms with Crippen LogP contribution in [0.2, 0.25) is 0 Å². The normalized spacial score (nSPS) is 13.5. The van der Waals surface area contributed by atoms with Crippen LogP contribution in [0, 0.1) is 5.92 Å². The quantitative estimate of drug-likeness (QED) is 0.236. The summed E-state index contributed by atoms with van der Waals surface area (Å²) in [6.07, 6.45) is 8.31. The molecular formula is C27H41NOS. The van der Waals surface area contributed by atoms with E-state index in [-0.39, 0.29) is 6.61 Å². The standard InChI is InChI=1S/C27H41NOS/c1-4-5-6-10-14-25(21-23-12-8-7-9-13-23)27(28-19-11-20-29)24-15-17-26(18-16-24)30-22(2)3/h7-9,12-13,15-18,22,25,27-29H,4-6,10-11,14,19-21H2,1-3H3. The molecule has 0 spiro atoms. The summed E-state index contributed by atoms with van der Waals surface area (Å²) < 4.78 is 0. The first-order valence-electron chi connectivity index (χ1n) is 11.8. The molecule has 0 saturated heterocycles. The summed E-state index contributed by atoms with van der Waals surface area (Å²) in [7, 11) is 0. The minimum absolute atomic E-state index is 0.240. The summed E-state index contributed by atoms with van der Waals surface area (Å²) in [5, 5.41) is 13.7. The predicted octanol–water partition coefficient (Wildman–Crippen LogP) is 7.03. The molecule has 3 heteroatoms. The number of aliphatic hydroxyl groups is 1. The average molecular weight is 428 g/mol. The molecule has 0 heterocycles. The van der Waals surface area contributed by atoms with Gasteiger partial charge in [0.15, 0.2) is 0 Å². The molecule has 2 aromatic carbocycles. The number of thioether (sulfide) groups is 1. The molecule has 30 heavy (non-hydrogen) atoms. The van der Waals surface area contributed by atoms with Crippen LogP contribution in [0.4, 0.5) is 0 Å². The van der Waals surface area contributed by atoms with Crippen LogP contribution in [0.3, 0.4) is 0 Å². The molecule has 0 fully saturated rings. The number of rotatable bonds is 15. The van der Waals surface area contributed by atoms with Crippen LogP contribution in [0.1, 0.15) is 76.5 Å². The second kappa shape index (κ2) is 14.7. The van der Waals surface area contributed by atoms with Crippen LogP contribution in [-0.4, -0.2) is 23.5 Å². The van der Waals surface area contributed by atoms with Crippen molar-refractivity contribution in [2.75, 3.05) is 13.2 Å². The second-order valence-electron chi connectivity index (χ2n) is 8.54. The molecule has 2 unspecified atom stereocenters. The zero-order chi connectivity index (χ0) is 21.6. The van der Waals surface area contributed by atoms with Gasteiger partial charge in [-0.3, -0.25) is 0 Å². The van der Waals surface area contributed by atoms with E-state index in [4.69, 9.17) is 0 Å². The van der Waals surface area contributed by atoms with Gasteiger partial charge in [0.25, 0.3) is 0 Å². The molecule has 2 atom stereocenters. The Morgan fingerprint density at radius 1 is 0.900 bits per heavy atom. The van der Waals surface area contributed by atoms with Gasteiger partial charge in [-0.15, -0.1) is 11.8 Å². The zero-order valence-electron chi connectivity index (χ0n) is 19.1. The van der Waals surface area contributed by atoms with Gasteiger partial charge in [-0.05, 0) is 55.0 Å². The van der Waals surface area contributed by atoms with Gasteiger partial charge in [0, 0.05) is 22.8 Å². The van der Waals surface area contributed by atoms with Crippen molar-refractivity contribution in [2.24, 2.45) is 5.92 Å². The first kappa shape index (κ1) is 25.0. The third-order valence-corrected chi connectivity index (χ3v) is 6.57. The number of hydrogen-bond acceptors (Lipinski definition) is 3. The Morgan fingerprint density at radius 2 is 1.63 bits per heavy atom. The molecular weight excluding hydrogens is 386 g/mol. The molecule has 0 aliphatic heterocycles. The third-order valence-electron chi connectivity index (χ3n) is 5.55. The molecule has 166 valence electrons. The van der Waals surface area contributed by atoms with Crippen molar-refractivity contribution in [3.05, 3.63) is 65.7 Å². The lowest BCUT2D eigenvalue weighted by Crippen LogP contribution is -2.31. The fourth-order valence-electron chi connectivity index (χ4n) is 4.06. The van der Waals surface area contributed by atoms with Crippen LogP contribution in [0.25, 0.3) is 0 Å². The van der Waals surface area contributed by atoms with Gasteiger partial charge in [-0.25, -0.2) is 0 Å². The molecule has 2 N–H and O–H groups in total. The van der Waals surface area contributed by atoms with Crippen LogP contribution in [-0.2, 0) is 6.42 Å². The van der Waals surface area contributed by atoms with E-state index in [0.717, 1.165) is 19.4 Å². The number of aliphatic hydroxyl groups excluding tert-OH is 1. The van der Waals surface area contributed by atoms with E-state index in [1.165, 1.54) is 48.1 Å². The molecule has 2 rings (SSSR count). The fourth-order valence-corrected chi connectivity index (χ4v) is 4.89. The Balaban J connectivity index is 2.21. The summed E-state index contributed by atoms with van der Waals surface area (Å²) in [5.41, 5.74) is 2.79. The molecule has 2 aromatic rings. The highest BCUT2D eigenvalue weighted by atomic mass is 32.2. The van der Waals surface area contributed by atoms with Crippen molar-refractivity contribution in [1.29, 1.82) is 0 Å². The number of unbranched alkanes of at least 4 members (excludes halogenated alkanes) is 3. The summed E-state index contributed by atoms with van der Waals surface area (Å²) in [4.78, 5) is 1.34. The average Bonchev–Trinajstić information content (AvgIpc) is 2.75. The van der Waals surface area contributed by atoms with Gasteiger partial charge in [0.1, 0.15) is 0 Å². The lowest BCUT2D eigenvalue weighted by atomic mass is 9.83. The van der Waals surface area contributed by atoms with Gasteiger partial charge in [-0.2, -0.15) is 0 Å². The Bertz CT molecular complexity index is 671.